The van der Waals surface area contributed by atoms with Crippen molar-refractivity contribution in [3.05, 3.63) is 32.7 Å². The van der Waals surface area contributed by atoms with E-state index in [0.717, 1.165) is 48.9 Å². The van der Waals surface area contributed by atoms with Crippen molar-refractivity contribution in [3.8, 4) is 0 Å². The highest BCUT2D eigenvalue weighted by Gasteiger charge is 2.46. The second kappa shape index (κ2) is 7.23. The van der Waals surface area contributed by atoms with Crippen LogP contribution in [0.25, 0.3) is 0 Å². The normalized spacial score (nSPS) is 29.7. The Labute approximate surface area is 164 Å². The van der Waals surface area contributed by atoms with Crippen molar-refractivity contribution in [2.75, 3.05) is 6.61 Å². The van der Waals surface area contributed by atoms with E-state index < -0.39 is 0 Å². The number of hydrogen-bond donors (Lipinski definition) is 1. The lowest BCUT2D eigenvalue weighted by atomic mass is 9.79. The summed E-state index contributed by atoms with van der Waals surface area (Å²) in [6.07, 6.45) is 6.04. The maximum Gasteiger partial charge on any atom is 0.106 e. The van der Waals surface area contributed by atoms with Crippen molar-refractivity contribution in [1.29, 1.82) is 0 Å². The zero-order valence-electron chi connectivity index (χ0n) is 15.7. The van der Waals surface area contributed by atoms with Gasteiger partial charge < -0.3 is 10.1 Å². The molecule has 0 radical (unpaired) electrons. The zero-order chi connectivity index (χ0) is 18.3. The lowest BCUT2D eigenvalue weighted by Gasteiger charge is -2.45. The molecule has 26 heavy (non-hydrogen) atoms. The molecule has 1 saturated heterocycles. The maximum atomic E-state index is 6.41. The summed E-state index contributed by atoms with van der Waals surface area (Å²) < 4.78 is 9.26. The molecule has 4 atom stereocenters. The minimum Gasteiger partial charge on any atom is -0.369 e. The molecule has 1 N–H and O–H groups in total. The summed E-state index contributed by atoms with van der Waals surface area (Å²) in [7, 11) is 0. The topological polar surface area (TPSA) is 52.0 Å². The third-order valence-corrected chi connectivity index (χ3v) is 7.20. The molecular formula is C19H27ClN4OS. The van der Waals surface area contributed by atoms with Crippen molar-refractivity contribution in [2.24, 2.45) is 5.92 Å². The Morgan fingerprint density at radius 3 is 3.15 bits per heavy atom. The molecular weight excluding hydrogens is 368 g/mol. The van der Waals surface area contributed by atoms with Gasteiger partial charge in [0.05, 0.1) is 28.9 Å². The first-order valence-electron chi connectivity index (χ1n) is 9.58. The second-order valence-electron chi connectivity index (χ2n) is 7.91. The Balaban J connectivity index is 1.60. The van der Waals surface area contributed by atoms with E-state index in [1.807, 2.05) is 4.68 Å². The Hall–Kier alpha value is -0.950. The van der Waals surface area contributed by atoms with E-state index in [2.05, 4.69) is 48.7 Å². The van der Waals surface area contributed by atoms with E-state index >= 15 is 0 Å². The summed E-state index contributed by atoms with van der Waals surface area (Å²) in [5, 5.41) is 12.5. The third kappa shape index (κ3) is 3.44. The van der Waals surface area contributed by atoms with Crippen molar-refractivity contribution < 1.29 is 4.74 Å². The highest BCUT2D eigenvalue weighted by Crippen LogP contribution is 2.49. The van der Waals surface area contributed by atoms with Gasteiger partial charge in [0.1, 0.15) is 5.60 Å². The number of piperidine rings is 1. The molecule has 4 heterocycles. The molecule has 2 aliphatic rings. The first-order valence-corrected chi connectivity index (χ1v) is 10.8. The molecule has 0 aliphatic carbocycles. The molecule has 4 rings (SSSR count). The van der Waals surface area contributed by atoms with Gasteiger partial charge in [-0.2, -0.15) is 0 Å². The molecule has 1 unspecified atom stereocenters. The minimum absolute atomic E-state index is 0.149. The van der Waals surface area contributed by atoms with E-state index in [0.29, 0.717) is 12.0 Å². The molecule has 0 aromatic carbocycles. The van der Waals surface area contributed by atoms with Crippen molar-refractivity contribution in [2.45, 2.75) is 70.7 Å². The average molecular weight is 395 g/mol. The van der Waals surface area contributed by atoms with Gasteiger partial charge >= 0.3 is 0 Å². The third-order valence-electron chi connectivity index (χ3n) is 5.71. The van der Waals surface area contributed by atoms with Crippen LogP contribution in [0.2, 0.25) is 4.34 Å². The van der Waals surface area contributed by atoms with Crippen LogP contribution in [0, 0.1) is 5.92 Å². The summed E-state index contributed by atoms with van der Waals surface area (Å²) in [6.45, 7) is 8.36. The maximum absolute atomic E-state index is 6.41. The number of nitrogens with zero attached hydrogens (tertiary/aromatic N) is 3. The zero-order valence-corrected chi connectivity index (χ0v) is 17.2. The van der Waals surface area contributed by atoms with Gasteiger partial charge in [0.25, 0.3) is 0 Å². The minimum atomic E-state index is -0.249. The number of halogens is 1. The van der Waals surface area contributed by atoms with Crippen LogP contribution in [0.3, 0.4) is 0 Å². The van der Waals surface area contributed by atoms with Crippen LogP contribution in [0.1, 0.15) is 62.2 Å². The van der Waals surface area contributed by atoms with Gasteiger partial charge in [0, 0.05) is 23.9 Å². The van der Waals surface area contributed by atoms with Crippen LogP contribution in [0.4, 0.5) is 0 Å². The average Bonchev–Trinajstić information content (AvgIpc) is 3.21. The van der Waals surface area contributed by atoms with E-state index in [1.54, 1.807) is 11.3 Å². The Kier molecular flexibility index (Phi) is 5.12. The monoisotopic (exact) mass is 394 g/mol. The first-order chi connectivity index (χ1) is 12.5. The highest BCUT2D eigenvalue weighted by molar-refractivity contribution is 7.16. The van der Waals surface area contributed by atoms with Gasteiger partial charge in [0.2, 0.25) is 0 Å². The molecule has 2 aliphatic heterocycles. The van der Waals surface area contributed by atoms with Crippen LogP contribution in [-0.2, 0) is 23.3 Å². The predicted octanol–water partition coefficient (Wildman–Crippen LogP) is 4.32. The molecule has 1 spiro atoms. The van der Waals surface area contributed by atoms with Gasteiger partial charge in [0.15, 0.2) is 0 Å². The lowest BCUT2D eigenvalue weighted by molar-refractivity contribution is -0.0957. The number of thiophene rings is 1. The van der Waals surface area contributed by atoms with Gasteiger partial charge in [-0.05, 0) is 37.3 Å². The van der Waals surface area contributed by atoms with Crippen molar-refractivity contribution in [3.63, 3.8) is 0 Å². The second-order valence-corrected chi connectivity index (χ2v) is 9.59. The fourth-order valence-electron chi connectivity index (χ4n) is 4.26. The standard InChI is InChI=1S/C19H27ClN4OS/c1-4-12(2)10-24-11-16(22-23-24)15-9-19(8-13(3)21-15)18-14(5-6-25-19)7-17(20)26-18/h7,11-13,15,21H,4-6,8-10H2,1-3H3/t12?,13-,15-,19-/m0/s1. The number of fused-ring (bicyclic) bond motifs is 2. The quantitative estimate of drug-likeness (QED) is 0.838. The Morgan fingerprint density at radius 2 is 2.35 bits per heavy atom. The van der Waals surface area contributed by atoms with Crippen LogP contribution in [0.15, 0.2) is 12.3 Å². The molecule has 0 bridgehead atoms. The van der Waals surface area contributed by atoms with Gasteiger partial charge in [-0.1, -0.05) is 37.1 Å². The molecule has 7 heteroatoms. The molecule has 0 saturated carbocycles. The van der Waals surface area contributed by atoms with Gasteiger partial charge in [-0.3, -0.25) is 4.68 Å². The number of aromatic nitrogens is 3. The first kappa shape index (κ1) is 18.4. The van der Waals surface area contributed by atoms with E-state index in [-0.39, 0.29) is 11.6 Å². The Morgan fingerprint density at radius 1 is 1.50 bits per heavy atom. The molecule has 142 valence electrons. The molecule has 2 aromatic rings. The molecule has 5 nitrogen and oxygen atoms in total. The van der Waals surface area contributed by atoms with Crippen LogP contribution < -0.4 is 5.32 Å². The number of rotatable bonds is 4. The fraction of sp³-hybridized carbons (Fsp3) is 0.684. The number of hydrogen-bond acceptors (Lipinski definition) is 5. The SMILES string of the molecule is CCC(C)Cn1cc([C@@H]2C[C@]3(C[C@H](C)N2)OCCc2cc(Cl)sc23)nn1. The predicted molar refractivity (Wildman–Crippen MR) is 105 cm³/mol. The molecule has 0 amide bonds. The summed E-state index contributed by atoms with van der Waals surface area (Å²) in [4.78, 5) is 1.32. The largest absolute Gasteiger partial charge is 0.369 e. The summed E-state index contributed by atoms with van der Waals surface area (Å²) in [5.41, 5.74) is 2.12. The highest BCUT2D eigenvalue weighted by atomic mass is 35.5. The van der Waals surface area contributed by atoms with E-state index in [9.17, 15) is 0 Å². The number of ether oxygens (including phenoxy) is 1. The summed E-state index contributed by atoms with van der Waals surface area (Å²) in [6, 6.07) is 2.62. The summed E-state index contributed by atoms with van der Waals surface area (Å²) >= 11 is 8.01. The molecule has 1 fully saturated rings. The Bertz CT molecular complexity index is 775. The molecule has 2 aromatic heterocycles. The van der Waals surface area contributed by atoms with Crippen LogP contribution in [-0.4, -0.2) is 27.6 Å². The van der Waals surface area contributed by atoms with E-state index in [1.165, 1.54) is 10.4 Å². The number of nitrogens with one attached hydrogen (secondary N) is 1. The van der Waals surface area contributed by atoms with Crippen molar-refractivity contribution >= 4 is 22.9 Å². The van der Waals surface area contributed by atoms with E-state index in [4.69, 9.17) is 16.3 Å². The lowest BCUT2D eigenvalue weighted by Crippen LogP contribution is -2.49. The van der Waals surface area contributed by atoms with Crippen LogP contribution in [0.5, 0.6) is 0 Å². The van der Waals surface area contributed by atoms with Crippen LogP contribution >= 0.6 is 22.9 Å². The summed E-state index contributed by atoms with van der Waals surface area (Å²) in [5.74, 6) is 0.603. The van der Waals surface area contributed by atoms with Crippen molar-refractivity contribution in [1.82, 2.24) is 20.3 Å². The van der Waals surface area contributed by atoms with Gasteiger partial charge in [-0.25, -0.2) is 0 Å². The smallest absolute Gasteiger partial charge is 0.106 e. The fourth-order valence-corrected chi connectivity index (χ4v) is 5.72. The van der Waals surface area contributed by atoms with Gasteiger partial charge in [-0.15, -0.1) is 16.4 Å².